The average Bonchev–Trinajstić information content (AvgIpc) is 3.06. The lowest BCUT2D eigenvalue weighted by atomic mass is 9.74. The Hall–Kier alpha value is -2.41. The molecular formula is C21H28N2O5. The summed E-state index contributed by atoms with van der Waals surface area (Å²) in [7, 11) is 0. The minimum absolute atomic E-state index is 0.125. The molecule has 152 valence electrons. The number of aryl methyl sites for hydroxylation is 1. The first-order valence-corrected chi connectivity index (χ1v) is 9.72. The molecule has 7 heteroatoms. The van der Waals surface area contributed by atoms with Crippen LogP contribution in [0.15, 0.2) is 24.3 Å². The number of hydrogen-bond acceptors (Lipinski definition) is 4. The highest BCUT2D eigenvalue weighted by molar-refractivity contribution is 5.98. The van der Waals surface area contributed by atoms with Crippen LogP contribution in [-0.4, -0.2) is 60.1 Å². The SMILES string of the molecule is Cc1ccccc1C(=O)NC(C(=O)N1C[C@H]2COCC[C@@]2(C(=O)O)C1)C(C)C. The van der Waals surface area contributed by atoms with Gasteiger partial charge < -0.3 is 20.1 Å². The third-order valence-electron chi connectivity index (χ3n) is 6.05. The molecular weight excluding hydrogens is 360 g/mol. The molecule has 1 unspecified atom stereocenters. The molecule has 1 aromatic rings. The maximum absolute atomic E-state index is 13.2. The molecule has 2 amide bonds. The van der Waals surface area contributed by atoms with Crippen LogP contribution in [0.25, 0.3) is 0 Å². The Morgan fingerprint density at radius 1 is 1.29 bits per heavy atom. The fourth-order valence-electron chi connectivity index (χ4n) is 4.22. The van der Waals surface area contributed by atoms with Crippen LogP contribution in [0.2, 0.25) is 0 Å². The number of aliphatic carboxylic acids is 1. The van der Waals surface area contributed by atoms with Gasteiger partial charge in [-0.05, 0) is 30.9 Å². The number of fused-ring (bicyclic) bond motifs is 1. The standard InChI is InChI=1S/C21H28N2O5/c1-13(2)17(22-18(24)16-7-5-4-6-14(16)3)19(25)23-10-15-11-28-9-8-21(15,12-23)20(26)27/h4-7,13,15,17H,8-12H2,1-3H3,(H,22,24)(H,26,27)/t15-,17?,21+/m0/s1. The van der Waals surface area contributed by atoms with E-state index in [-0.39, 0.29) is 30.2 Å². The molecule has 0 saturated carbocycles. The predicted molar refractivity (Wildman–Crippen MR) is 103 cm³/mol. The fraction of sp³-hybridized carbons (Fsp3) is 0.571. The zero-order valence-electron chi connectivity index (χ0n) is 16.6. The fourth-order valence-corrected chi connectivity index (χ4v) is 4.22. The van der Waals surface area contributed by atoms with E-state index in [1.807, 2.05) is 32.9 Å². The van der Waals surface area contributed by atoms with Gasteiger partial charge >= 0.3 is 5.97 Å². The number of carbonyl (C=O) groups is 3. The number of carboxylic acids is 1. The van der Waals surface area contributed by atoms with Gasteiger partial charge in [-0.1, -0.05) is 32.0 Å². The van der Waals surface area contributed by atoms with Crippen LogP contribution in [0, 0.1) is 24.2 Å². The first-order chi connectivity index (χ1) is 13.3. The lowest BCUT2D eigenvalue weighted by molar-refractivity contribution is -0.157. The number of likely N-dealkylation sites (tertiary alicyclic amines) is 1. The summed E-state index contributed by atoms with van der Waals surface area (Å²) in [6.07, 6.45) is 0.401. The summed E-state index contributed by atoms with van der Waals surface area (Å²) in [6.45, 7) is 6.84. The van der Waals surface area contributed by atoms with E-state index in [4.69, 9.17) is 4.74 Å². The number of ether oxygens (including phenoxy) is 1. The summed E-state index contributed by atoms with van der Waals surface area (Å²) >= 11 is 0. The van der Waals surface area contributed by atoms with E-state index >= 15 is 0 Å². The van der Waals surface area contributed by atoms with Crippen LogP contribution in [0.5, 0.6) is 0 Å². The number of rotatable bonds is 5. The number of nitrogens with one attached hydrogen (secondary N) is 1. The van der Waals surface area contributed by atoms with Gasteiger partial charge in [-0.15, -0.1) is 0 Å². The second kappa shape index (κ2) is 7.91. The second-order valence-corrected chi connectivity index (χ2v) is 8.21. The molecule has 0 radical (unpaired) electrons. The Labute approximate surface area is 165 Å². The normalized spacial score (nSPS) is 25.3. The molecule has 0 aromatic heterocycles. The average molecular weight is 388 g/mol. The first-order valence-electron chi connectivity index (χ1n) is 9.72. The van der Waals surface area contributed by atoms with Gasteiger partial charge in [-0.2, -0.15) is 0 Å². The first kappa shape index (κ1) is 20.3. The van der Waals surface area contributed by atoms with Gasteiger partial charge in [-0.3, -0.25) is 14.4 Å². The maximum Gasteiger partial charge on any atom is 0.311 e. The van der Waals surface area contributed by atoms with Gasteiger partial charge in [0.05, 0.1) is 12.0 Å². The molecule has 0 bridgehead atoms. The molecule has 2 heterocycles. The smallest absolute Gasteiger partial charge is 0.311 e. The summed E-state index contributed by atoms with van der Waals surface area (Å²) < 4.78 is 5.46. The number of carbonyl (C=O) groups excluding carboxylic acids is 2. The highest BCUT2D eigenvalue weighted by Crippen LogP contribution is 2.42. The second-order valence-electron chi connectivity index (χ2n) is 8.21. The van der Waals surface area contributed by atoms with Crippen LogP contribution in [0.3, 0.4) is 0 Å². The van der Waals surface area contributed by atoms with Crippen molar-refractivity contribution in [2.24, 2.45) is 17.3 Å². The highest BCUT2D eigenvalue weighted by Gasteiger charge is 2.55. The van der Waals surface area contributed by atoms with Crippen molar-refractivity contribution in [1.29, 1.82) is 0 Å². The predicted octanol–water partition coefficient (Wildman–Crippen LogP) is 1.70. The Morgan fingerprint density at radius 2 is 2.00 bits per heavy atom. The summed E-state index contributed by atoms with van der Waals surface area (Å²) in [6, 6.07) is 6.52. The van der Waals surface area contributed by atoms with Crippen molar-refractivity contribution in [3.63, 3.8) is 0 Å². The number of amides is 2. The minimum Gasteiger partial charge on any atom is -0.481 e. The minimum atomic E-state index is -0.949. The third-order valence-corrected chi connectivity index (χ3v) is 6.05. The summed E-state index contributed by atoms with van der Waals surface area (Å²) in [5.74, 6) is -1.74. The molecule has 2 aliphatic heterocycles. The molecule has 1 aromatic carbocycles. The molecule has 28 heavy (non-hydrogen) atoms. The number of benzene rings is 1. The Bertz CT molecular complexity index is 778. The van der Waals surface area contributed by atoms with Crippen molar-refractivity contribution < 1.29 is 24.2 Å². The molecule has 2 fully saturated rings. The van der Waals surface area contributed by atoms with E-state index in [1.165, 1.54) is 0 Å². The summed E-state index contributed by atoms with van der Waals surface area (Å²) in [5, 5.41) is 12.7. The largest absolute Gasteiger partial charge is 0.481 e. The Morgan fingerprint density at radius 3 is 2.61 bits per heavy atom. The van der Waals surface area contributed by atoms with Crippen molar-refractivity contribution >= 4 is 17.8 Å². The number of nitrogens with zero attached hydrogens (tertiary/aromatic N) is 1. The van der Waals surface area contributed by atoms with Gasteiger partial charge in [0.15, 0.2) is 0 Å². The van der Waals surface area contributed by atoms with E-state index in [1.54, 1.807) is 17.0 Å². The van der Waals surface area contributed by atoms with Crippen LogP contribution in [-0.2, 0) is 14.3 Å². The van der Waals surface area contributed by atoms with Crippen molar-refractivity contribution in [2.75, 3.05) is 26.3 Å². The Kier molecular flexibility index (Phi) is 5.74. The molecule has 3 rings (SSSR count). The lowest BCUT2D eigenvalue weighted by Gasteiger charge is -2.34. The molecule has 2 saturated heterocycles. The molecule has 2 aliphatic rings. The van der Waals surface area contributed by atoms with Crippen LogP contribution >= 0.6 is 0 Å². The maximum atomic E-state index is 13.2. The van der Waals surface area contributed by atoms with Crippen LogP contribution in [0.4, 0.5) is 0 Å². The topological polar surface area (TPSA) is 95.9 Å². The molecule has 0 spiro atoms. The van der Waals surface area contributed by atoms with E-state index in [9.17, 15) is 19.5 Å². The quantitative estimate of drug-likeness (QED) is 0.800. The summed E-state index contributed by atoms with van der Waals surface area (Å²) in [5.41, 5.74) is 0.422. The van der Waals surface area contributed by atoms with E-state index < -0.39 is 17.4 Å². The molecule has 3 atom stereocenters. The van der Waals surface area contributed by atoms with Gasteiger partial charge in [0.1, 0.15) is 6.04 Å². The van der Waals surface area contributed by atoms with Crippen molar-refractivity contribution in [3.05, 3.63) is 35.4 Å². The molecule has 7 nitrogen and oxygen atoms in total. The molecule has 2 N–H and O–H groups in total. The Balaban J connectivity index is 1.78. The van der Waals surface area contributed by atoms with Crippen LogP contribution in [0.1, 0.15) is 36.2 Å². The zero-order chi connectivity index (χ0) is 20.5. The van der Waals surface area contributed by atoms with Gasteiger partial charge in [0.2, 0.25) is 5.91 Å². The lowest BCUT2D eigenvalue weighted by Crippen LogP contribution is -2.51. The number of carboxylic acid groups (broad SMARTS) is 1. The van der Waals surface area contributed by atoms with E-state index in [2.05, 4.69) is 5.32 Å². The van der Waals surface area contributed by atoms with Crippen molar-refractivity contribution in [2.45, 2.75) is 33.2 Å². The molecule has 0 aliphatic carbocycles. The van der Waals surface area contributed by atoms with Crippen molar-refractivity contribution in [3.8, 4) is 0 Å². The van der Waals surface area contributed by atoms with Crippen molar-refractivity contribution in [1.82, 2.24) is 10.2 Å². The summed E-state index contributed by atoms with van der Waals surface area (Å²) in [4.78, 5) is 39.5. The third kappa shape index (κ3) is 3.63. The van der Waals surface area contributed by atoms with Gasteiger partial charge in [0, 0.05) is 31.2 Å². The number of hydrogen-bond donors (Lipinski definition) is 2. The highest BCUT2D eigenvalue weighted by atomic mass is 16.5. The zero-order valence-corrected chi connectivity index (χ0v) is 16.6. The monoisotopic (exact) mass is 388 g/mol. The van der Waals surface area contributed by atoms with E-state index in [0.717, 1.165) is 5.56 Å². The van der Waals surface area contributed by atoms with E-state index in [0.29, 0.717) is 31.7 Å². The van der Waals surface area contributed by atoms with Gasteiger partial charge in [0.25, 0.3) is 5.91 Å². The van der Waals surface area contributed by atoms with Crippen LogP contribution < -0.4 is 5.32 Å². The van der Waals surface area contributed by atoms with Gasteiger partial charge in [-0.25, -0.2) is 0 Å².